The van der Waals surface area contributed by atoms with Crippen molar-refractivity contribution in [3.63, 3.8) is 0 Å². The molecule has 0 atom stereocenters. The molecular formula is C21H21N3O3S. The third kappa shape index (κ3) is 4.95. The van der Waals surface area contributed by atoms with Crippen LogP contribution in [-0.2, 0) is 0 Å². The lowest BCUT2D eigenvalue weighted by Gasteiger charge is -2.08. The minimum Gasteiger partial charge on any atom is -0.422 e. The fourth-order valence-corrected chi connectivity index (χ4v) is 3.44. The highest BCUT2D eigenvalue weighted by molar-refractivity contribution is 7.17. The van der Waals surface area contributed by atoms with Gasteiger partial charge in [0.05, 0.1) is 5.69 Å². The highest BCUT2D eigenvalue weighted by Gasteiger charge is 2.18. The Kier molecular flexibility index (Phi) is 6.39. The number of benzene rings is 2. The molecule has 1 heterocycles. The minimum absolute atomic E-state index is 0.295. The lowest BCUT2D eigenvalue weighted by molar-refractivity contribution is 0.0739. The van der Waals surface area contributed by atoms with Crippen molar-refractivity contribution in [3.8, 4) is 16.3 Å². The van der Waals surface area contributed by atoms with Gasteiger partial charge in [-0.05, 0) is 25.5 Å². The fourth-order valence-electron chi connectivity index (χ4n) is 2.49. The first-order valence-corrected chi connectivity index (χ1v) is 9.78. The second-order valence-corrected chi connectivity index (χ2v) is 7.10. The van der Waals surface area contributed by atoms with Gasteiger partial charge in [0.15, 0.2) is 0 Å². The van der Waals surface area contributed by atoms with Crippen molar-refractivity contribution >= 4 is 29.0 Å². The number of ether oxygens (including phenoxy) is 1. The summed E-state index contributed by atoms with van der Waals surface area (Å²) in [5, 5.41) is 6.22. The van der Waals surface area contributed by atoms with Gasteiger partial charge in [-0.2, -0.15) is 0 Å². The van der Waals surface area contributed by atoms with E-state index in [9.17, 15) is 9.59 Å². The van der Waals surface area contributed by atoms with Crippen LogP contribution in [0.3, 0.4) is 0 Å². The zero-order chi connectivity index (χ0) is 19.9. The van der Waals surface area contributed by atoms with Crippen molar-refractivity contribution < 1.29 is 14.3 Å². The minimum atomic E-state index is -0.468. The Morgan fingerprint density at radius 1 is 1.11 bits per heavy atom. The average molecular weight is 395 g/mol. The smallest absolute Gasteiger partial charge is 0.355 e. The molecular weight excluding hydrogens is 374 g/mol. The number of hydrogen-bond acceptors (Lipinski definition) is 5. The maximum absolute atomic E-state index is 12.6. The van der Waals surface area contributed by atoms with Gasteiger partial charge in [0.2, 0.25) is 0 Å². The number of anilines is 1. The number of urea groups is 1. The number of nitrogens with zero attached hydrogens (tertiary/aromatic N) is 1. The molecule has 0 spiro atoms. The first-order valence-electron chi connectivity index (χ1n) is 8.96. The second kappa shape index (κ2) is 9.14. The van der Waals surface area contributed by atoms with E-state index in [2.05, 4.69) is 15.6 Å². The molecule has 2 amide bonds. The summed E-state index contributed by atoms with van der Waals surface area (Å²) in [6.45, 7) is 4.36. The molecule has 7 heteroatoms. The third-order valence-electron chi connectivity index (χ3n) is 3.84. The SMILES string of the molecule is CCCNC(=O)Nc1cccc(OC(=O)c2sc(-c3ccccc3)nc2C)c1. The number of hydrogen-bond donors (Lipinski definition) is 2. The molecule has 2 aromatic carbocycles. The Hall–Kier alpha value is -3.19. The number of esters is 1. The summed E-state index contributed by atoms with van der Waals surface area (Å²) in [4.78, 5) is 29.3. The van der Waals surface area contributed by atoms with Crippen LogP contribution in [0.2, 0.25) is 0 Å². The maximum Gasteiger partial charge on any atom is 0.355 e. The van der Waals surface area contributed by atoms with E-state index < -0.39 is 5.97 Å². The van der Waals surface area contributed by atoms with Crippen LogP contribution < -0.4 is 15.4 Å². The van der Waals surface area contributed by atoms with Gasteiger partial charge in [0, 0.05) is 23.9 Å². The molecule has 3 rings (SSSR count). The first kappa shape index (κ1) is 19.6. The van der Waals surface area contributed by atoms with Crippen molar-refractivity contribution in [1.29, 1.82) is 0 Å². The molecule has 0 radical (unpaired) electrons. The van der Waals surface area contributed by atoms with Crippen LogP contribution in [0.5, 0.6) is 5.75 Å². The summed E-state index contributed by atoms with van der Waals surface area (Å²) in [5.41, 5.74) is 2.13. The highest BCUT2D eigenvalue weighted by atomic mass is 32.1. The van der Waals surface area contributed by atoms with Crippen molar-refractivity contribution in [2.24, 2.45) is 0 Å². The number of aromatic nitrogens is 1. The number of aryl methyl sites for hydroxylation is 1. The highest BCUT2D eigenvalue weighted by Crippen LogP contribution is 2.29. The van der Waals surface area contributed by atoms with E-state index >= 15 is 0 Å². The first-order chi connectivity index (χ1) is 13.6. The number of nitrogens with one attached hydrogen (secondary N) is 2. The van der Waals surface area contributed by atoms with E-state index in [1.165, 1.54) is 11.3 Å². The molecule has 0 aliphatic rings. The molecule has 144 valence electrons. The summed E-state index contributed by atoms with van der Waals surface area (Å²) in [7, 11) is 0. The molecule has 0 saturated carbocycles. The monoisotopic (exact) mass is 395 g/mol. The van der Waals surface area contributed by atoms with E-state index in [0.29, 0.717) is 28.6 Å². The van der Waals surface area contributed by atoms with Gasteiger partial charge >= 0.3 is 12.0 Å². The number of rotatable bonds is 6. The molecule has 0 aliphatic heterocycles. The molecule has 2 N–H and O–H groups in total. The van der Waals surface area contributed by atoms with E-state index in [4.69, 9.17) is 4.74 Å². The molecule has 0 bridgehead atoms. The summed E-state index contributed by atoms with van der Waals surface area (Å²) < 4.78 is 5.49. The van der Waals surface area contributed by atoms with Gasteiger partial charge in [-0.25, -0.2) is 14.6 Å². The normalized spacial score (nSPS) is 10.4. The van der Waals surface area contributed by atoms with Gasteiger partial charge in [-0.15, -0.1) is 11.3 Å². The standard InChI is InChI=1S/C21H21N3O3S/c1-3-12-22-21(26)24-16-10-7-11-17(13-16)27-20(25)18-14(2)23-19(28-18)15-8-5-4-6-9-15/h4-11,13H,3,12H2,1-2H3,(H2,22,24,26). The van der Waals surface area contributed by atoms with Gasteiger partial charge < -0.3 is 15.4 Å². The molecule has 3 aromatic rings. The molecule has 28 heavy (non-hydrogen) atoms. The van der Waals surface area contributed by atoms with Crippen LogP contribution in [0.25, 0.3) is 10.6 Å². The topological polar surface area (TPSA) is 80.3 Å². The Morgan fingerprint density at radius 3 is 2.64 bits per heavy atom. The summed E-state index contributed by atoms with van der Waals surface area (Å²) in [6.07, 6.45) is 0.851. The predicted molar refractivity (Wildman–Crippen MR) is 111 cm³/mol. The summed E-state index contributed by atoms with van der Waals surface area (Å²) in [5.74, 6) is -0.114. The molecule has 0 aliphatic carbocycles. The largest absolute Gasteiger partial charge is 0.422 e. The number of thiazole rings is 1. The summed E-state index contributed by atoms with van der Waals surface area (Å²) >= 11 is 1.30. The quantitative estimate of drug-likeness (QED) is 0.461. The number of amides is 2. The van der Waals surface area contributed by atoms with E-state index in [0.717, 1.165) is 17.0 Å². The van der Waals surface area contributed by atoms with Gasteiger partial charge in [-0.1, -0.05) is 43.3 Å². The van der Waals surface area contributed by atoms with Crippen LogP contribution in [0, 0.1) is 6.92 Å². The van der Waals surface area contributed by atoms with Gasteiger partial charge in [0.25, 0.3) is 0 Å². The molecule has 0 saturated heterocycles. The van der Waals surface area contributed by atoms with Gasteiger partial charge in [-0.3, -0.25) is 0 Å². The number of carbonyl (C=O) groups excluding carboxylic acids is 2. The molecule has 6 nitrogen and oxygen atoms in total. The van der Waals surface area contributed by atoms with E-state index in [1.54, 1.807) is 31.2 Å². The second-order valence-electron chi connectivity index (χ2n) is 6.10. The van der Waals surface area contributed by atoms with E-state index in [-0.39, 0.29) is 6.03 Å². The molecule has 1 aromatic heterocycles. The summed E-state index contributed by atoms with van der Waals surface area (Å²) in [6, 6.07) is 16.1. The van der Waals surface area contributed by atoms with Crippen LogP contribution >= 0.6 is 11.3 Å². The van der Waals surface area contributed by atoms with Gasteiger partial charge in [0.1, 0.15) is 15.6 Å². The van der Waals surface area contributed by atoms with Crippen molar-refractivity contribution in [3.05, 3.63) is 65.2 Å². The Bertz CT molecular complexity index is 970. The Labute approximate surface area is 167 Å². The Balaban J connectivity index is 1.71. The third-order valence-corrected chi connectivity index (χ3v) is 5.03. The van der Waals surface area contributed by atoms with E-state index in [1.807, 2.05) is 37.3 Å². The lowest BCUT2D eigenvalue weighted by atomic mass is 10.2. The Morgan fingerprint density at radius 2 is 1.89 bits per heavy atom. The number of carbonyl (C=O) groups is 2. The fraction of sp³-hybridized carbons (Fsp3) is 0.190. The van der Waals surface area contributed by atoms with Crippen molar-refractivity contribution in [1.82, 2.24) is 10.3 Å². The van der Waals surface area contributed by atoms with Crippen LogP contribution in [-0.4, -0.2) is 23.5 Å². The lowest BCUT2D eigenvalue weighted by Crippen LogP contribution is -2.29. The average Bonchev–Trinajstić information content (AvgIpc) is 3.09. The predicted octanol–water partition coefficient (Wildman–Crippen LogP) is 4.87. The van der Waals surface area contributed by atoms with Crippen LogP contribution in [0.4, 0.5) is 10.5 Å². The van der Waals surface area contributed by atoms with Crippen molar-refractivity contribution in [2.75, 3.05) is 11.9 Å². The zero-order valence-electron chi connectivity index (χ0n) is 15.7. The maximum atomic E-state index is 12.6. The van der Waals surface area contributed by atoms with Crippen molar-refractivity contribution in [2.45, 2.75) is 20.3 Å². The molecule has 0 fully saturated rings. The molecule has 0 unspecified atom stereocenters. The van der Waals surface area contributed by atoms with Crippen LogP contribution in [0.15, 0.2) is 54.6 Å². The van der Waals surface area contributed by atoms with Crippen LogP contribution in [0.1, 0.15) is 28.7 Å². The zero-order valence-corrected chi connectivity index (χ0v) is 16.5.